The van der Waals surface area contributed by atoms with E-state index in [4.69, 9.17) is 9.73 Å². The number of ether oxygens (including phenoxy) is 1. The number of nitrogens with one attached hydrogen (secondary N) is 2. The Kier molecular flexibility index (Phi) is 9.74. The zero-order valence-corrected chi connectivity index (χ0v) is 15.9. The Labute approximate surface area is 140 Å². The van der Waals surface area contributed by atoms with Crippen molar-refractivity contribution in [3.05, 3.63) is 0 Å². The molecule has 2 N–H and O–H groups in total. The molecule has 20 heavy (non-hydrogen) atoms. The molecule has 1 aliphatic heterocycles. The van der Waals surface area contributed by atoms with Crippen molar-refractivity contribution < 1.29 is 4.74 Å². The largest absolute Gasteiger partial charge is 0.381 e. The van der Waals surface area contributed by atoms with Gasteiger partial charge in [0.15, 0.2) is 5.96 Å². The van der Waals surface area contributed by atoms with Gasteiger partial charge in [-0.25, -0.2) is 0 Å². The number of aliphatic imine (C=N–C) groups is 1. The number of guanidine groups is 1. The van der Waals surface area contributed by atoms with Gasteiger partial charge in [-0.15, -0.1) is 24.0 Å². The molecule has 0 aromatic rings. The summed E-state index contributed by atoms with van der Waals surface area (Å²) in [6.07, 6.45) is 2.09. The van der Waals surface area contributed by atoms with E-state index < -0.39 is 0 Å². The molecule has 0 radical (unpaired) electrons. The first-order valence-corrected chi connectivity index (χ1v) is 7.30. The zero-order valence-electron chi connectivity index (χ0n) is 13.5. The highest BCUT2D eigenvalue weighted by molar-refractivity contribution is 14.0. The van der Waals surface area contributed by atoms with Crippen molar-refractivity contribution in [1.29, 1.82) is 0 Å². The van der Waals surface area contributed by atoms with Crippen LogP contribution in [0.2, 0.25) is 0 Å². The Morgan fingerprint density at radius 3 is 2.35 bits per heavy atom. The van der Waals surface area contributed by atoms with E-state index in [0.29, 0.717) is 6.04 Å². The maximum Gasteiger partial charge on any atom is 0.191 e. The van der Waals surface area contributed by atoms with Gasteiger partial charge in [-0.1, -0.05) is 0 Å². The van der Waals surface area contributed by atoms with E-state index >= 15 is 0 Å². The Balaban J connectivity index is 0.00000361. The summed E-state index contributed by atoms with van der Waals surface area (Å²) in [6.45, 7) is 9.71. The Bertz CT molecular complexity index is 289. The maximum absolute atomic E-state index is 5.49. The molecule has 120 valence electrons. The van der Waals surface area contributed by atoms with Crippen LogP contribution in [-0.4, -0.2) is 62.8 Å². The molecule has 0 aromatic carbocycles. The highest BCUT2D eigenvalue weighted by Crippen LogP contribution is 2.26. The molecule has 0 saturated carbocycles. The average molecular weight is 398 g/mol. The minimum Gasteiger partial charge on any atom is -0.381 e. The normalized spacial score (nSPS) is 18.9. The molecule has 0 aliphatic carbocycles. The molecule has 0 unspecified atom stereocenters. The molecule has 0 spiro atoms. The summed E-state index contributed by atoms with van der Waals surface area (Å²) in [4.78, 5) is 7.07. The van der Waals surface area contributed by atoms with E-state index in [1.807, 2.05) is 0 Å². The summed E-state index contributed by atoms with van der Waals surface area (Å²) in [7, 11) is 4.28. The van der Waals surface area contributed by atoms with Crippen molar-refractivity contribution in [3.63, 3.8) is 0 Å². The number of nitrogens with zero attached hydrogens (tertiary/aromatic N) is 2. The van der Waals surface area contributed by atoms with Crippen molar-refractivity contribution in [1.82, 2.24) is 15.5 Å². The zero-order chi connectivity index (χ0) is 14.3. The number of likely N-dealkylation sites (N-methyl/N-ethyl adjacent to an activating group) is 1. The molecular weight excluding hydrogens is 367 g/mol. The molecule has 6 heteroatoms. The molecular formula is C14H31IN4O. The minimum absolute atomic E-state index is 0. The second kappa shape index (κ2) is 9.78. The molecule has 0 aromatic heterocycles. The van der Waals surface area contributed by atoms with Crippen LogP contribution in [0.1, 0.15) is 33.6 Å². The fraction of sp³-hybridized carbons (Fsp3) is 0.929. The molecule has 1 heterocycles. The lowest BCUT2D eigenvalue weighted by molar-refractivity contribution is -0.00255. The van der Waals surface area contributed by atoms with Gasteiger partial charge in [-0.2, -0.15) is 0 Å². The molecule has 1 aliphatic rings. The third-order valence-electron chi connectivity index (χ3n) is 3.67. The van der Waals surface area contributed by atoms with Crippen LogP contribution in [-0.2, 0) is 4.74 Å². The summed E-state index contributed by atoms with van der Waals surface area (Å²) in [5, 5.41) is 6.66. The van der Waals surface area contributed by atoms with Crippen molar-refractivity contribution in [3.8, 4) is 0 Å². The summed E-state index contributed by atoms with van der Waals surface area (Å²) >= 11 is 0. The highest BCUT2D eigenvalue weighted by atomic mass is 127. The molecule has 0 bridgehead atoms. The summed E-state index contributed by atoms with van der Waals surface area (Å²) in [5.41, 5.74) is 0.136. The summed E-state index contributed by atoms with van der Waals surface area (Å²) in [5.74, 6) is 0.908. The van der Waals surface area contributed by atoms with E-state index in [1.165, 1.54) is 0 Å². The Hall–Kier alpha value is -0.0800. The first-order chi connectivity index (χ1) is 9.00. The van der Waals surface area contributed by atoms with Crippen LogP contribution >= 0.6 is 24.0 Å². The van der Waals surface area contributed by atoms with Gasteiger partial charge in [0.2, 0.25) is 0 Å². The van der Waals surface area contributed by atoms with E-state index in [0.717, 1.165) is 45.1 Å². The first kappa shape index (κ1) is 19.9. The fourth-order valence-corrected chi connectivity index (χ4v) is 2.32. The predicted molar refractivity (Wildman–Crippen MR) is 96.1 cm³/mol. The Morgan fingerprint density at radius 1 is 1.30 bits per heavy atom. The number of halogens is 1. The highest BCUT2D eigenvalue weighted by Gasteiger charge is 2.34. The fourth-order valence-electron chi connectivity index (χ4n) is 2.32. The van der Waals surface area contributed by atoms with E-state index in [-0.39, 0.29) is 29.5 Å². The van der Waals surface area contributed by atoms with Crippen LogP contribution < -0.4 is 10.6 Å². The number of rotatable bonds is 5. The summed E-state index contributed by atoms with van der Waals surface area (Å²) < 4.78 is 5.49. The predicted octanol–water partition coefficient (Wildman–Crippen LogP) is 1.68. The standard InChI is InChI=1S/C14H30N4O.HI/c1-6-15-13(17-12(2)3)16-11-14(18(4)5)7-9-19-10-8-14;/h12H,6-11H2,1-5H3,(H2,15,16,17);1H. The van der Waals surface area contributed by atoms with Gasteiger partial charge in [0.1, 0.15) is 0 Å². The first-order valence-electron chi connectivity index (χ1n) is 7.30. The number of hydrogen-bond acceptors (Lipinski definition) is 3. The van der Waals surface area contributed by atoms with Gasteiger partial charge in [-0.3, -0.25) is 4.99 Å². The van der Waals surface area contributed by atoms with Gasteiger partial charge < -0.3 is 20.3 Å². The van der Waals surface area contributed by atoms with Gasteiger partial charge >= 0.3 is 0 Å². The van der Waals surface area contributed by atoms with E-state index in [1.54, 1.807) is 0 Å². The van der Waals surface area contributed by atoms with Crippen LogP contribution in [0.4, 0.5) is 0 Å². The monoisotopic (exact) mass is 398 g/mol. The molecule has 1 saturated heterocycles. The van der Waals surface area contributed by atoms with Gasteiger partial charge in [0, 0.05) is 31.3 Å². The van der Waals surface area contributed by atoms with Gasteiger partial charge in [-0.05, 0) is 47.7 Å². The second-order valence-electron chi connectivity index (χ2n) is 5.73. The van der Waals surface area contributed by atoms with Crippen LogP contribution in [0.5, 0.6) is 0 Å². The van der Waals surface area contributed by atoms with Crippen molar-refractivity contribution >= 4 is 29.9 Å². The van der Waals surface area contributed by atoms with Gasteiger partial charge in [0.05, 0.1) is 6.54 Å². The SMILES string of the molecule is CCNC(=NCC1(N(C)C)CCOCC1)NC(C)C.I. The quantitative estimate of drug-likeness (QED) is 0.420. The molecule has 0 atom stereocenters. The molecule has 1 rings (SSSR count). The average Bonchev–Trinajstić information content (AvgIpc) is 2.36. The summed E-state index contributed by atoms with van der Waals surface area (Å²) in [6, 6.07) is 0.391. The van der Waals surface area contributed by atoms with E-state index in [9.17, 15) is 0 Å². The van der Waals surface area contributed by atoms with Crippen molar-refractivity contribution in [2.45, 2.75) is 45.2 Å². The second-order valence-corrected chi connectivity index (χ2v) is 5.73. The maximum atomic E-state index is 5.49. The number of hydrogen-bond donors (Lipinski definition) is 2. The van der Waals surface area contributed by atoms with Crippen LogP contribution in [0.25, 0.3) is 0 Å². The lowest BCUT2D eigenvalue weighted by atomic mass is 9.89. The van der Waals surface area contributed by atoms with Gasteiger partial charge in [0.25, 0.3) is 0 Å². The van der Waals surface area contributed by atoms with Crippen LogP contribution in [0, 0.1) is 0 Å². The molecule has 5 nitrogen and oxygen atoms in total. The minimum atomic E-state index is 0. The lowest BCUT2D eigenvalue weighted by Crippen LogP contribution is -2.52. The molecule has 0 amide bonds. The van der Waals surface area contributed by atoms with Crippen LogP contribution in [0.3, 0.4) is 0 Å². The van der Waals surface area contributed by atoms with E-state index in [2.05, 4.69) is 50.4 Å². The van der Waals surface area contributed by atoms with Crippen LogP contribution in [0.15, 0.2) is 4.99 Å². The lowest BCUT2D eigenvalue weighted by Gasteiger charge is -2.41. The van der Waals surface area contributed by atoms with Crippen molar-refractivity contribution in [2.24, 2.45) is 4.99 Å². The molecule has 1 fully saturated rings. The Morgan fingerprint density at radius 2 is 1.90 bits per heavy atom. The van der Waals surface area contributed by atoms with Crippen molar-refractivity contribution in [2.75, 3.05) is 40.4 Å². The smallest absolute Gasteiger partial charge is 0.191 e. The third-order valence-corrected chi connectivity index (χ3v) is 3.67. The third kappa shape index (κ3) is 6.13. The topological polar surface area (TPSA) is 48.9 Å².